The number of fused-ring (bicyclic) bond motifs is 8. The van der Waals surface area contributed by atoms with Crippen molar-refractivity contribution in [3.63, 3.8) is 0 Å². The molecule has 0 saturated carbocycles. The Morgan fingerprint density at radius 3 is 1.52 bits per heavy atom. The van der Waals surface area contributed by atoms with Gasteiger partial charge in [0.1, 0.15) is 17.7 Å². The third-order valence-corrected chi connectivity index (χ3v) is 10.7. The molecule has 10 rings (SSSR count). The molecule has 0 spiro atoms. The van der Waals surface area contributed by atoms with Gasteiger partial charge in [-0.3, -0.25) is 0 Å². The first-order valence-corrected chi connectivity index (χ1v) is 16.9. The minimum atomic E-state index is 0.0445. The lowest BCUT2D eigenvalue weighted by Gasteiger charge is -2.19. The van der Waals surface area contributed by atoms with Gasteiger partial charge >= 0.3 is 0 Å². The van der Waals surface area contributed by atoms with E-state index in [2.05, 4.69) is 91.0 Å². The molecule has 4 nitrogen and oxygen atoms in total. The Bertz CT molecular complexity index is 3340. The van der Waals surface area contributed by atoms with Crippen LogP contribution in [-0.4, -0.2) is 0 Å². The van der Waals surface area contributed by atoms with Gasteiger partial charge in [-0.2, -0.15) is 21.0 Å². The zero-order valence-corrected chi connectivity index (χ0v) is 27.5. The second-order valence-corrected chi connectivity index (χ2v) is 13.2. The maximum Gasteiger partial charge on any atom is 0.130 e. The number of allylic oxidation sites excluding steroid dienone is 1. The van der Waals surface area contributed by atoms with E-state index in [4.69, 9.17) is 0 Å². The average Bonchev–Trinajstić information content (AvgIpc) is 3.71. The monoisotopic (exact) mass is 654 g/mol. The molecule has 0 aliphatic rings. The number of nitriles is 4. The van der Waals surface area contributed by atoms with Crippen LogP contribution in [0.15, 0.2) is 133 Å². The van der Waals surface area contributed by atoms with Crippen LogP contribution in [0.1, 0.15) is 16.7 Å². The van der Waals surface area contributed by atoms with Crippen LogP contribution in [0.3, 0.4) is 0 Å². The van der Waals surface area contributed by atoms with E-state index in [1.807, 2.05) is 60.7 Å². The number of rotatable bonds is 3. The molecule has 0 fully saturated rings. The van der Waals surface area contributed by atoms with Crippen molar-refractivity contribution >= 4 is 81.5 Å². The second-order valence-electron chi connectivity index (χ2n) is 13.2. The first-order valence-electron chi connectivity index (χ1n) is 16.9. The zero-order chi connectivity index (χ0) is 35.1. The van der Waals surface area contributed by atoms with Gasteiger partial charge in [-0.15, -0.1) is 0 Å². The van der Waals surface area contributed by atoms with Crippen LogP contribution in [0.25, 0.3) is 104 Å². The molecular weight excluding hydrogens is 633 g/mol. The first-order chi connectivity index (χ1) is 25.6. The molecule has 0 amide bonds. The van der Waals surface area contributed by atoms with Gasteiger partial charge in [0.05, 0.1) is 23.3 Å². The van der Waals surface area contributed by atoms with Crippen molar-refractivity contribution in [1.82, 2.24) is 0 Å². The summed E-state index contributed by atoms with van der Waals surface area (Å²) in [5, 5.41) is 54.5. The standard InChI is InChI=1S/C48H22N4/c49-23-27-11-15-30(16-12-27)42-41-22-40-35-6-2-1-5-34(35)36-8-4-9-37(45(36)40)46(41)43(31-17-13-28(24-50)14-18-31)48-39-20-19-32(21-29(25-51)26-52)33-7-3-10-38(44(33)39)47(42)48/h1-22H. The van der Waals surface area contributed by atoms with Crippen LogP contribution in [0.4, 0.5) is 0 Å². The Balaban J connectivity index is 1.53. The third-order valence-electron chi connectivity index (χ3n) is 10.7. The number of hydrogen-bond donors (Lipinski definition) is 0. The summed E-state index contributed by atoms with van der Waals surface area (Å²) in [6.07, 6.45) is 1.66. The molecule has 0 saturated heterocycles. The second kappa shape index (κ2) is 10.9. The van der Waals surface area contributed by atoms with E-state index in [1.54, 1.807) is 6.08 Å². The topological polar surface area (TPSA) is 95.2 Å². The molecular formula is C48H22N4. The van der Waals surface area contributed by atoms with E-state index in [-0.39, 0.29) is 5.57 Å². The number of benzene rings is 8. The van der Waals surface area contributed by atoms with Gasteiger partial charge in [-0.1, -0.05) is 97.1 Å². The number of nitrogens with zero attached hydrogens (tertiary/aromatic N) is 4. The van der Waals surface area contributed by atoms with Crippen LogP contribution in [0.2, 0.25) is 0 Å². The van der Waals surface area contributed by atoms with Crippen molar-refractivity contribution in [3.05, 3.63) is 150 Å². The molecule has 0 aliphatic carbocycles. The van der Waals surface area contributed by atoms with E-state index < -0.39 is 0 Å². The van der Waals surface area contributed by atoms with E-state index in [1.165, 1.54) is 26.9 Å². The Hall–Kier alpha value is -7.76. The van der Waals surface area contributed by atoms with Crippen molar-refractivity contribution in [3.8, 4) is 46.5 Å². The molecule has 52 heavy (non-hydrogen) atoms. The van der Waals surface area contributed by atoms with Crippen LogP contribution in [0, 0.1) is 45.3 Å². The predicted molar refractivity (Wildman–Crippen MR) is 211 cm³/mol. The lowest BCUT2D eigenvalue weighted by molar-refractivity contribution is 1.47. The summed E-state index contributed by atoms with van der Waals surface area (Å²) in [6, 6.07) is 52.3. The number of hydrogen-bond acceptors (Lipinski definition) is 4. The van der Waals surface area contributed by atoms with E-state index in [9.17, 15) is 21.0 Å². The summed E-state index contributed by atoms with van der Waals surface area (Å²) in [5.41, 5.74) is 6.20. The molecule has 0 heterocycles. The summed E-state index contributed by atoms with van der Waals surface area (Å²) in [6.45, 7) is 0. The quantitative estimate of drug-likeness (QED) is 0.140. The molecule has 4 heteroatoms. The summed E-state index contributed by atoms with van der Waals surface area (Å²) in [4.78, 5) is 0. The molecule has 0 bridgehead atoms. The van der Waals surface area contributed by atoms with Crippen LogP contribution in [-0.2, 0) is 0 Å². The minimum absolute atomic E-state index is 0.0445. The van der Waals surface area contributed by atoms with Gasteiger partial charge in [0.25, 0.3) is 0 Å². The normalized spacial score (nSPS) is 11.4. The molecule has 0 unspecified atom stereocenters. The summed E-state index contributed by atoms with van der Waals surface area (Å²) in [5.74, 6) is 0. The van der Waals surface area contributed by atoms with Gasteiger partial charge in [0, 0.05) is 0 Å². The lowest BCUT2D eigenvalue weighted by atomic mass is 9.83. The molecule has 10 aromatic carbocycles. The molecule has 0 radical (unpaired) electrons. The Kier molecular flexibility index (Phi) is 6.10. The molecule has 0 aliphatic heterocycles. The summed E-state index contributed by atoms with van der Waals surface area (Å²) >= 11 is 0. The van der Waals surface area contributed by atoms with Gasteiger partial charge < -0.3 is 0 Å². The fraction of sp³-hybridized carbons (Fsp3) is 0. The highest BCUT2D eigenvalue weighted by molar-refractivity contribution is 6.45. The lowest BCUT2D eigenvalue weighted by Crippen LogP contribution is -1.91. The van der Waals surface area contributed by atoms with E-state index in [0.29, 0.717) is 11.1 Å². The Morgan fingerprint density at radius 1 is 0.385 bits per heavy atom. The van der Waals surface area contributed by atoms with E-state index in [0.717, 1.165) is 76.3 Å². The minimum Gasteiger partial charge on any atom is -0.192 e. The fourth-order valence-corrected chi connectivity index (χ4v) is 8.62. The third kappa shape index (κ3) is 3.87. The van der Waals surface area contributed by atoms with Crippen LogP contribution in [0.5, 0.6) is 0 Å². The maximum atomic E-state index is 9.75. The van der Waals surface area contributed by atoms with Crippen molar-refractivity contribution in [2.45, 2.75) is 0 Å². The van der Waals surface area contributed by atoms with Crippen molar-refractivity contribution < 1.29 is 0 Å². The van der Waals surface area contributed by atoms with Gasteiger partial charge in [0.2, 0.25) is 0 Å². The van der Waals surface area contributed by atoms with Crippen LogP contribution >= 0.6 is 0 Å². The molecule has 10 aromatic rings. The van der Waals surface area contributed by atoms with Crippen molar-refractivity contribution in [1.29, 1.82) is 21.0 Å². The largest absolute Gasteiger partial charge is 0.192 e. The van der Waals surface area contributed by atoms with Crippen molar-refractivity contribution in [2.75, 3.05) is 0 Å². The molecule has 0 N–H and O–H groups in total. The fourth-order valence-electron chi connectivity index (χ4n) is 8.62. The van der Waals surface area contributed by atoms with Gasteiger partial charge in [-0.05, 0) is 140 Å². The highest BCUT2D eigenvalue weighted by Crippen LogP contribution is 2.54. The molecule has 0 atom stereocenters. The Labute approximate surface area is 297 Å². The Morgan fingerprint density at radius 2 is 0.885 bits per heavy atom. The molecule has 234 valence electrons. The zero-order valence-electron chi connectivity index (χ0n) is 27.5. The smallest absolute Gasteiger partial charge is 0.130 e. The van der Waals surface area contributed by atoms with Crippen molar-refractivity contribution in [2.24, 2.45) is 0 Å². The van der Waals surface area contributed by atoms with Gasteiger partial charge in [-0.25, -0.2) is 0 Å². The van der Waals surface area contributed by atoms with Crippen LogP contribution < -0.4 is 0 Å². The SMILES string of the molecule is N#CC(C#N)=Cc1ccc2c3c(-c4ccc(C#N)cc4)c4c(cc5c6ccccc6c6cccc4c65)c(-c4ccc(C#N)cc4)c3c3cccc1c32. The van der Waals surface area contributed by atoms with E-state index >= 15 is 0 Å². The average molecular weight is 655 g/mol. The predicted octanol–water partition coefficient (Wildman–Crippen LogP) is 12.1. The van der Waals surface area contributed by atoms with Gasteiger partial charge in [0.15, 0.2) is 0 Å². The first kappa shape index (κ1) is 29.2. The summed E-state index contributed by atoms with van der Waals surface area (Å²) in [7, 11) is 0. The highest BCUT2D eigenvalue weighted by Gasteiger charge is 2.26. The maximum absolute atomic E-state index is 9.75. The highest BCUT2D eigenvalue weighted by atomic mass is 14.3. The summed E-state index contributed by atoms with van der Waals surface area (Å²) < 4.78 is 0. The molecule has 0 aromatic heterocycles.